The fourth-order valence-corrected chi connectivity index (χ4v) is 2.90. The number of carbonyl (C=O) groups is 1. The van der Waals surface area contributed by atoms with E-state index in [0.29, 0.717) is 12.2 Å². The van der Waals surface area contributed by atoms with Crippen molar-refractivity contribution in [3.63, 3.8) is 0 Å². The molecule has 22 heavy (non-hydrogen) atoms. The number of carbonyl (C=O) groups excluding carboxylic acids is 1. The zero-order valence-electron chi connectivity index (χ0n) is 13.2. The van der Waals surface area contributed by atoms with Gasteiger partial charge in [-0.05, 0) is 50.0 Å². The second kappa shape index (κ2) is 9.01. The van der Waals surface area contributed by atoms with Crippen LogP contribution in [0.4, 0.5) is 0 Å². The van der Waals surface area contributed by atoms with Crippen molar-refractivity contribution in [3.05, 3.63) is 29.8 Å². The third-order valence-electron chi connectivity index (χ3n) is 3.85. The Labute approximate surface area is 137 Å². The van der Waals surface area contributed by atoms with Gasteiger partial charge in [0.25, 0.3) is 5.91 Å². The van der Waals surface area contributed by atoms with Crippen molar-refractivity contribution in [1.29, 1.82) is 0 Å². The number of hydrogen-bond donors (Lipinski definition) is 1. The second-order valence-electron chi connectivity index (χ2n) is 5.81. The normalized spacial score (nSPS) is 17.0. The number of rotatable bonds is 7. The van der Waals surface area contributed by atoms with Crippen LogP contribution in [0, 0.1) is 0 Å². The van der Waals surface area contributed by atoms with E-state index in [-0.39, 0.29) is 5.91 Å². The maximum Gasteiger partial charge on any atom is 0.270 e. The Balaban J connectivity index is 1.84. The van der Waals surface area contributed by atoms with Gasteiger partial charge < -0.3 is 4.84 Å². The number of nitrogens with zero attached hydrogens (tertiary/aromatic N) is 1. The van der Waals surface area contributed by atoms with Crippen LogP contribution in [0.5, 0.6) is 5.75 Å². The number of amides is 1. The first-order chi connectivity index (χ1) is 10.7. The molecular formula is C17H25ClN2O2. The Morgan fingerprint density at radius 2 is 2.14 bits per heavy atom. The third-order valence-corrected chi connectivity index (χ3v) is 4.27. The van der Waals surface area contributed by atoms with E-state index in [1.807, 2.05) is 25.1 Å². The lowest BCUT2D eigenvalue weighted by molar-refractivity contribution is -0.127. The Kier molecular flexibility index (Phi) is 7.00. The molecule has 1 unspecified atom stereocenters. The summed E-state index contributed by atoms with van der Waals surface area (Å²) < 4.78 is 0. The minimum atomic E-state index is -0.540. The SMILES string of the molecule is CCCC(Cl)C(=O)NOc1cccc(CN2CCCCC2)c1. The third kappa shape index (κ3) is 5.50. The van der Waals surface area contributed by atoms with Gasteiger partial charge >= 0.3 is 0 Å². The molecule has 5 heteroatoms. The molecule has 1 aromatic rings. The molecule has 122 valence electrons. The largest absolute Gasteiger partial charge is 0.379 e. The first-order valence-corrected chi connectivity index (χ1v) is 8.54. The van der Waals surface area contributed by atoms with Gasteiger partial charge in [0.05, 0.1) is 0 Å². The van der Waals surface area contributed by atoms with Crippen molar-refractivity contribution in [2.75, 3.05) is 13.1 Å². The predicted molar refractivity (Wildman–Crippen MR) is 88.9 cm³/mol. The highest BCUT2D eigenvalue weighted by molar-refractivity contribution is 6.30. The van der Waals surface area contributed by atoms with Crippen LogP contribution in [0.25, 0.3) is 0 Å². The quantitative estimate of drug-likeness (QED) is 0.616. The molecule has 1 aliphatic heterocycles. The monoisotopic (exact) mass is 324 g/mol. The van der Waals surface area contributed by atoms with Crippen LogP contribution in [-0.4, -0.2) is 29.3 Å². The van der Waals surface area contributed by atoms with Gasteiger partial charge in [0.15, 0.2) is 5.75 Å². The lowest BCUT2D eigenvalue weighted by atomic mass is 10.1. The summed E-state index contributed by atoms with van der Waals surface area (Å²) in [7, 11) is 0. The lowest BCUT2D eigenvalue weighted by Crippen LogP contribution is -2.34. The highest BCUT2D eigenvalue weighted by atomic mass is 35.5. The number of alkyl halides is 1. The number of hydrogen-bond acceptors (Lipinski definition) is 3. The number of piperidine rings is 1. The Bertz CT molecular complexity index is 475. The first-order valence-electron chi connectivity index (χ1n) is 8.11. The summed E-state index contributed by atoms with van der Waals surface area (Å²) in [4.78, 5) is 19.5. The van der Waals surface area contributed by atoms with Crippen LogP contribution in [0.2, 0.25) is 0 Å². The lowest BCUT2D eigenvalue weighted by Gasteiger charge is -2.26. The zero-order valence-corrected chi connectivity index (χ0v) is 13.9. The van der Waals surface area contributed by atoms with Crippen LogP contribution in [-0.2, 0) is 11.3 Å². The number of hydroxylamine groups is 1. The average molecular weight is 325 g/mol. The van der Waals surface area contributed by atoms with E-state index in [0.717, 1.165) is 26.1 Å². The second-order valence-corrected chi connectivity index (χ2v) is 6.34. The highest BCUT2D eigenvalue weighted by Crippen LogP contribution is 2.17. The Morgan fingerprint density at radius 3 is 2.86 bits per heavy atom. The van der Waals surface area contributed by atoms with E-state index >= 15 is 0 Å². The van der Waals surface area contributed by atoms with Gasteiger partial charge in [0.2, 0.25) is 0 Å². The summed E-state index contributed by atoms with van der Waals surface area (Å²) in [6.45, 7) is 5.24. The van der Waals surface area contributed by atoms with Gasteiger partial charge in [-0.15, -0.1) is 11.6 Å². The summed E-state index contributed by atoms with van der Waals surface area (Å²) in [6, 6.07) is 7.84. The minimum absolute atomic E-state index is 0.287. The van der Waals surface area contributed by atoms with Gasteiger partial charge in [-0.25, -0.2) is 0 Å². The Morgan fingerprint density at radius 1 is 1.36 bits per heavy atom. The smallest absolute Gasteiger partial charge is 0.270 e. The topological polar surface area (TPSA) is 41.6 Å². The van der Waals surface area contributed by atoms with Gasteiger partial charge in [-0.1, -0.05) is 31.9 Å². The molecule has 1 saturated heterocycles. The average Bonchev–Trinajstić information content (AvgIpc) is 2.54. The summed E-state index contributed by atoms with van der Waals surface area (Å²) in [5, 5.41) is -0.540. The van der Waals surface area contributed by atoms with Crippen molar-refractivity contribution >= 4 is 17.5 Å². The molecule has 1 heterocycles. The number of benzene rings is 1. The van der Waals surface area contributed by atoms with E-state index < -0.39 is 5.38 Å². The van der Waals surface area contributed by atoms with Crippen molar-refractivity contribution in [2.45, 2.75) is 50.9 Å². The molecule has 0 aromatic heterocycles. The molecule has 0 spiro atoms. The fraction of sp³-hybridized carbons (Fsp3) is 0.588. The van der Waals surface area contributed by atoms with Crippen molar-refractivity contribution < 1.29 is 9.63 Å². The van der Waals surface area contributed by atoms with Gasteiger partial charge in [0.1, 0.15) is 5.38 Å². The van der Waals surface area contributed by atoms with E-state index in [2.05, 4.69) is 16.4 Å². The molecule has 1 atom stereocenters. The Hall–Kier alpha value is -1.26. The summed E-state index contributed by atoms with van der Waals surface area (Å²) in [6.07, 6.45) is 5.41. The molecule has 0 bridgehead atoms. The molecule has 1 fully saturated rings. The number of likely N-dealkylation sites (tertiary alicyclic amines) is 1. The number of nitrogens with one attached hydrogen (secondary N) is 1. The molecule has 1 N–H and O–H groups in total. The molecule has 2 rings (SSSR count). The van der Waals surface area contributed by atoms with Crippen molar-refractivity contribution in [1.82, 2.24) is 10.4 Å². The molecular weight excluding hydrogens is 300 g/mol. The maximum atomic E-state index is 11.7. The zero-order chi connectivity index (χ0) is 15.8. The minimum Gasteiger partial charge on any atom is -0.379 e. The van der Waals surface area contributed by atoms with Crippen LogP contribution >= 0.6 is 11.6 Å². The highest BCUT2D eigenvalue weighted by Gasteiger charge is 2.15. The van der Waals surface area contributed by atoms with E-state index in [1.54, 1.807) is 0 Å². The maximum absolute atomic E-state index is 11.7. The molecule has 0 aliphatic carbocycles. The molecule has 1 aromatic carbocycles. The number of halogens is 1. The molecule has 0 radical (unpaired) electrons. The van der Waals surface area contributed by atoms with Crippen LogP contribution in [0.15, 0.2) is 24.3 Å². The standard InChI is InChI=1S/C17H25ClN2O2/c1-2-7-16(18)17(21)19-22-15-9-6-8-14(12-15)13-20-10-4-3-5-11-20/h6,8-9,12,16H,2-5,7,10-11,13H2,1H3,(H,19,21). The van der Waals surface area contributed by atoms with E-state index in [4.69, 9.17) is 16.4 Å². The van der Waals surface area contributed by atoms with Gasteiger partial charge in [-0.2, -0.15) is 5.48 Å². The van der Waals surface area contributed by atoms with Crippen LogP contribution in [0.3, 0.4) is 0 Å². The molecule has 1 amide bonds. The predicted octanol–water partition coefficient (Wildman–Crippen LogP) is 3.49. The van der Waals surface area contributed by atoms with Gasteiger partial charge in [0, 0.05) is 6.54 Å². The summed E-state index contributed by atoms with van der Waals surface area (Å²) >= 11 is 5.96. The van der Waals surface area contributed by atoms with E-state index in [1.165, 1.54) is 24.8 Å². The fourth-order valence-electron chi connectivity index (χ4n) is 2.64. The van der Waals surface area contributed by atoms with Gasteiger partial charge in [-0.3, -0.25) is 9.69 Å². The summed E-state index contributed by atoms with van der Waals surface area (Å²) in [5.41, 5.74) is 3.63. The van der Waals surface area contributed by atoms with Crippen molar-refractivity contribution in [2.24, 2.45) is 0 Å². The molecule has 4 nitrogen and oxygen atoms in total. The van der Waals surface area contributed by atoms with Crippen LogP contribution < -0.4 is 10.3 Å². The van der Waals surface area contributed by atoms with Crippen LogP contribution in [0.1, 0.15) is 44.6 Å². The molecule has 1 aliphatic rings. The molecule has 0 saturated carbocycles. The van der Waals surface area contributed by atoms with E-state index in [9.17, 15) is 4.79 Å². The van der Waals surface area contributed by atoms with Crippen molar-refractivity contribution in [3.8, 4) is 5.75 Å². The first kappa shape index (κ1) is 17.1. The summed E-state index contributed by atoms with van der Waals surface area (Å²) in [5.74, 6) is 0.355.